The molecule has 0 N–H and O–H groups in total. The number of thiazole rings is 1. The van der Waals surface area contributed by atoms with Crippen LogP contribution >= 0.6 is 11.3 Å². The Hall–Kier alpha value is -1.57. The number of carbonyl (C=O) groups excluding carboxylic acids is 2. The smallest absolute Gasteiger partial charge is 0.319 e. The first-order valence-electron chi connectivity index (χ1n) is 14.1. The van der Waals surface area contributed by atoms with Crippen molar-refractivity contribution in [1.29, 1.82) is 0 Å². The minimum Gasteiger partial charge on any atom is -0.461 e. The highest BCUT2D eigenvalue weighted by Gasteiger charge is 2.49. The van der Waals surface area contributed by atoms with E-state index in [4.69, 9.17) is 9.16 Å². The predicted octanol–water partition coefficient (Wildman–Crippen LogP) is 8.54. The van der Waals surface area contributed by atoms with E-state index in [1.165, 1.54) is 11.1 Å². The Bertz CT molecular complexity index is 1050. The van der Waals surface area contributed by atoms with Gasteiger partial charge in [-0.1, -0.05) is 46.3 Å². The number of hydrogen-bond donors (Lipinski definition) is 0. The van der Waals surface area contributed by atoms with Gasteiger partial charge < -0.3 is 9.16 Å². The molecule has 1 aromatic rings. The zero-order valence-corrected chi connectivity index (χ0v) is 27.7. The highest BCUT2D eigenvalue weighted by atomic mass is 32.1. The van der Waals surface area contributed by atoms with Gasteiger partial charge in [-0.05, 0) is 96.0 Å². The second-order valence-corrected chi connectivity index (χ2v) is 19.2. The lowest BCUT2D eigenvalue weighted by Crippen LogP contribution is -2.52. The number of allylic oxidation sites excluding steroid dienone is 1. The molecule has 0 aliphatic carbocycles. The van der Waals surface area contributed by atoms with Gasteiger partial charge in [0, 0.05) is 5.38 Å². The summed E-state index contributed by atoms with van der Waals surface area (Å²) in [5.74, 6) is -0.523. The average molecular weight is 562 g/mol. The van der Waals surface area contributed by atoms with Crippen LogP contribution in [0, 0.1) is 24.2 Å². The summed E-state index contributed by atoms with van der Waals surface area (Å²) in [6, 6.07) is 0. The second kappa shape index (κ2) is 12.7. The molecule has 7 heteroatoms. The molecule has 214 valence electrons. The van der Waals surface area contributed by atoms with E-state index in [1.807, 2.05) is 13.8 Å². The lowest BCUT2D eigenvalue weighted by molar-refractivity contribution is -0.181. The van der Waals surface area contributed by atoms with Crippen molar-refractivity contribution in [3.8, 4) is 0 Å². The Morgan fingerprint density at radius 2 is 1.89 bits per heavy atom. The van der Waals surface area contributed by atoms with Gasteiger partial charge >= 0.3 is 5.97 Å². The third kappa shape index (κ3) is 8.22. The van der Waals surface area contributed by atoms with Crippen molar-refractivity contribution in [3.05, 3.63) is 33.3 Å². The van der Waals surface area contributed by atoms with Gasteiger partial charge in [0.05, 0.1) is 22.7 Å². The second-order valence-electron chi connectivity index (χ2n) is 13.4. The SMILES string of the molecule is CC(=CC[C@H](O[Si](C)(C)C(C)(C)C)C(C)=Cc1csc(C)n1)CCC[C@H](C)[C@@H]1OC(=O)C(C)(C)C(=O)[C@@H]1C. The van der Waals surface area contributed by atoms with Crippen LogP contribution in [0.5, 0.6) is 0 Å². The molecule has 0 radical (unpaired) electrons. The molecule has 38 heavy (non-hydrogen) atoms. The molecule has 1 aliphatic rings. The van der Waals surface area contributed by atoms with Crippen molar-refractivity contribution in [3.63, 3.8) is 0 Å². The monoisotopic (exact) mass is 561 g/mol. The van der Waals surface area contributed by atoms with E-state index in [0.29, 0.717) is 0 Å². The van der Waals surface area contributed by atoms with Crippen LogP contribution in [0.4, 0.5) is 0 Å². The first-order valence-corrected chi connectivity index (χ1v) is 17.8. The zero-order chi connectivity index (χ0) is 29.1. The molecule has 2 rings (SSSR count). The van der Waals surface area contributed by atoms with Gasteiger partial charge in [-0.25, -0.2) is 4.98 Å². The Kier molecular flexibility index (Phi) is 10.9. The Morgan fingerprint density at radius 3 is 2.45 bits per heavy atom. The molecule has 1 saturated heterocycles. The van der Waals surface area contributed by atoms with E-state index in [-0.39, 0.29) is 34.9 Å². The van der Waals surface area contributed by atoms with Crippen molar-refractivity contribution in [2.24, 2.45) is 17.3 Å². The minimum atomic E-state index is -1.96. The predicted molar refractivity (Wildman–Crippen MR) is 162 cm³/mol. The van der Waals surface area contributed by atoms with Gasteiger partial charge in [0.15, 0.2) is 14.1 Å². The van der Waals surface area contributed by atoms with Crippen LogP contribution in [0.15, 0.2) is 22.6 Å². The van der Waals surface area contributed by atoms with Gasteiger partial charge in [-0.15, -0.1) is 11.3 Å². The number of ether oxygens (including phenoxy) is 1. The van der Waals surface area contributed by atoms with E-state index in [0.717, 1.165) is 36.4 Å². The number of hydrogen-bond acceptors (Lipinski definition) is 6. The normalized spacial score (nSPS) is 22.8. The zero-order valence-electron chi connectivity index (χ0n) is 25.9. The van der Waals surface area contributed by atoms with Crippen LogP contribution in [0.2, 0.25) is 18.1 Å². The summed E-state index contributed by atoms with van der Waals surface area (Å²) in [5.41, 5.74) is 2.51. The average Bonchev–Trinajstić information content (AvgIpc) is 3.21. The van der Waals surface area contributed by atoms with Crippen LogP contribution in [0.3, 0.4) is 0 Å². The number of ketones is 1. The molecule has 0 saturated carbocycles. The molecule has 0 aromatic carbocycles. The number of aromatic nitrogens is 1. The summed E-state index contributed by atoms with van der Waals surface area (Å²) in [6.07, 6.45) is 7.87. The maximum Gasteiger partial charge on any atom is 0.319 e. The van der Waals surface area contributed by atoms with Crippen LogP contribution < -0.4 is 0 Å². The number of esters is 1. The van der Waals surface area contributed by atoms with Crippen molar-refractivity contribution in [2.45, 2.75) is 125 Å². The summed E-state index contributed by atoms with van der Waals surface area (Å²) in [5, 5.41) is 3.30. The summed E-state index contributed by atoms with van der Waals surface area (Å²) in [6.45, 7) is 25.2. The maximum atomic E-state index is 12.7. The molecular formula is C31H51NO4SSi. The lowest BCUT2D eigenvalue weighted by atomic mass is 9.74. The van der Waals surface area contributed by atoms with Gasteiger partial charge in [0.25, 0.3) is 0 Å². The Labute approximate surface area is 236 Å². The number of carbonyl (C=O) groups is 2. The van der Waals surface area contributed by atoms with Crippen LogP contribution in [-0.4, -0.2) is 37.3 Å². The van der Waals surface area contributed by atoms with Gasteiger partial charge in [-0.2, -0.15) is 0 Å². The molecular weight excluding hydrogens is 510 g/mol. The first-order chi connectivity index (χ1) is 17.4. The Balaban J connectivity index is 2.04. The molecule has 5 nitrogen and oxygen atoms in total. The van der Waals surface area contributed by atoms with E-state index in [2.05, 4.69) is 77.2 Å². The van der Waals surface area contributed by atoms with E-state index >= 15 is 0 Å². The standard InChI is InChI=1S/C31H51NO4SSi/c1-20(14-13-15-21(2)27-23(4)28(33)31(9,10)29(34)35-27)16-17-26(36-38(11,12)30(6,7)8)22(3)18-25-19-37-24(5)32-25/h16,18-19,21,23,26-27H,13-15,17H2,1-12H3/t21-,23+,26-,27-/m0/s1. The highest BCUT2D eigenvalue weighted by molar-refractivity contribution is 7.09. The van der Waals surface area contributed by atoms with Gasteiger partial charge in [0.1, 0.15) is 11.5 Å². The first kappa shape index (κ1) is 32.6. The third-order valence-electron chi connectivity index (χ3n) is 8.51. The van der Waals surface area contributed by atoms with Crippen LogP contribution in [-0.2, 0) is 18.8 Å². The van der Waals surface area contributed by atoms with Gasteiger partial charge in [0.2, 0.25) is 0 Å². The number of nitrogens with zero attached hydrogens (tertiary/aromatic N) is 1. The number of rotatable bonds is 11. The fraction of sp³-hybridized carbons (Fsp3) is 0.710. The molecule has 0 unspecified atom stereocenters. The number of aryl methyl sites for hydroxylation is 1. The maximum absolute atomic E-state index is 12.7. The quantitative estimate of drug-likeness (QED) is 0.117. The highest BCUT2D eigenvalue weighted by Crippen LogP contribution is 2.39. The summed E-state index contributed by atoms with van der Waals surface area (Å²) in [7, 11) is -1.96. The van der Waals surface area contributed by atoms with Crippen molar-refractivity contribution in [1.82, 2.24) is 4.98 Å². The van der Waals surface area contributed by atoms with Crippen LogP contribution in [0.25, 0.3) is 6.08 Å². The molecule has 1 fully saturated rings. The molecule has 4 atom stereocenters. The fourth-order valence-corrected chi connectivity index (χ4v) is 6.63. The lowest BCUT2D eigenvalue weighted by Gasteiger charge is -2.39. The van der Waals surface area contributed by atoms with Crippen molar-refractivity contribution >= 4 is 37.5 Å². The van der Waals surface area contributed by atoms with E-state index in [1.54, 1.807) is 25.2 Å². The summed E-state index contributed by atoms with van der Waals surface area (Å²) < 4.78 is 12.6. The Morgan fingerprint density at radius 1 is 1.26 bits per heavy atom. The summed E-state index contributed by atoms with van der Waals surface area (Å²) in [4.78, 5) is 29.7. The van der Waals surface area contributed by atoms with Crippen molar-refractivity contribution in [2.75, 3.05) is 0 Å². The van der Waals surface area contributed by atoms with E-state index < -0.39 is 19.7 Å². The molecule has 1 aliphatic heterocycles. The van der Waals surface area contributed by atoms with Crippen molar-refractivity contribution < 1.29 is 18.8 Å². The van der Waals surface area contributed by atoms with Gasteiger partial charge in [-0.3, -0.25) is 9.59 Å². The summed E-state index contributed by atoms with van der Waals surface area (Å²) >= 11 is 1.67. The number of Topliss-reactive ketones (excluding diaryl/α,β-unsaturated/α-hetero) is 1. The molecule has 1 aromatic heterocycles. The molecule has 0 bridgehead atoms. The third-order valence-corrected chi connectivity index (χ3v) is 13.8. The minimum absolute atomic E-state index is 0.00862. The number of cyclic esters (lactones) is 1. The molecule has 2 heterocycles. The fourth-order valence-electron chi connectivity index (χ4n) is 4.71. The largest absolute Gasteiger partial charge is 0.461 e. The van der Waals surface area contributed by atoms with E-state index in [9.17, 15) is 9.59 Å². The van der Waals surface area contributed by atoms with Crippen LogP contribution in [0.1, 0.15) is 98.7 Å². The molecule has 0 amide bonds. The topological polar surface area (TPSA) is 65.5 Å². The molecule has 0 spiro atoms.